The molecule has 2 aromatic carbocycles. The number of amides is 1. The maximum atomic E-state index is 13.1. The molecule has 0 radical (unpaired) electrons. The zero-order valence-electron chi connectivity index (χ0n) is 22.0. The Morgan fingerprint density at radius 2 is 1.95 bits per heavy atom. The van der Waals surface area contributed by atoms with Gasteiger partial charge in [-0.05, 0) is 55.2 Å². The second-order valence-corrected chi connectivity index (χ2v) is 9.83. The second kappa shape index (κ2) is 10.6. The van der Waals surface area contributed by atoms with Crippen molar-refractivity contribution in [2.24, 2.45) is 0 Å². The van der Waals surface area contributed by atoms with Gasteiger partial charge in [-0.3, -0.25) is 9.78 Å². The Hall–Kier alpha value is -4.02. The van der Waals surface area contributed by atoms with Crippen LogP contribution in [0.15, 0.2) is 73.0 Å². The number of quaternary nitrogens is 1. The zero-order chi connectivity index (χ0) is 27.6. The highest BCUT2D eigenvalue weighted by atomic mass is 16.9. The van der Waals surface area contributed by atoms with Crippen LogP contribution in [0.1, 0.15) is 29.5 Å². The quantitative estimate of drug-likeness (QED) is 0.173. The number of aromatic nitrogens is 1. The molecule has 0 bridgehead atoms. The first-order valence-electron chi connectivity index (χ1n) is 12.7. The minimum Gasteiger partial charge on any atom is -0.490 e. The molecular formula is C30H32N3O6+. The first kappa shape index (κ1) is 26.6. The van der Waals surface area contributed by atoms with Crippen molar-refractivity contribution < 1.29 is 29.4 Å². The molecule has 9 heteroatoms. The number of ether oxygens (including phenoxy) is 3. The average Bonchev–Trinajstić information content (AvgIpc) is 3.29. The highest BCUT2D eigenvalue weighted by Gasteiger charge is 2.49. The normalized spacial score (nSPS) is 16.1. The Kier molecular flexibility index (Phi) is 7.24. The highest BCUT2D eigenvalue weighted by molar-refractivity contribution is 5.97. The molecule has 0 aliphatic carbocycles. The van der Waals surface area contributed by atoms with Crippen LogP contribution in [0.2, 0.25) is 0 Å². The van der Waals surface area contributed by atoms with Crippen LogP contribution in [0.3, 0.4) is 0 Å². The number of hydrogen-bond donors (Lipinski definition) is 3. The van der Waals surface area contributed by atoms with Crippen molar-refractivity contribution in [2.75, 3.05) is 26.9 Å². The molecule has 1 aromatic heterocycles. The molecule has 3 N–H and O–H groups in total. The summed E-state index contributed by atoms with van der Waals surface area (Å²) in [5, 5.41) is 22.2. The Balaban J connectivity index is 1.40. The van der Waals surface area contributed by atoms with Crippen molar-refractivity contribution in [1.29, 1.82) is 0 Å². The van der Waals surface area contributed by atoms with Crippen molar-refractivity contribution >= 4 is 17.7 Å². The Bertz CT molecular complexity index is 1430. The second-order valence-electron chi connectivity index (χ2n) is 9.83. The molecule has 5 rings (SSSR count). The molecule has 1 amide bonds. The largest absolute Gasteiger partial charge is 0.490 e. The van der Waals surface area contributed by atoms with E-state index in [4.69, 9.17) is 14.2 Å². The number of pyridine rings is 1. The molecule has 2 aliphatic rings. The molecule has 9 nitrogen and oxygen atoms in total. The van der Waals surface area contributed by atoms with Crippen LogP contribution in [-0.4, -0.2) is 48.2 Å². The Labute approximate surface area is 227 Å². The summed E-state index contributed by atoms with van der Waals surface area (Å²) < 4.78 is 16.9. The molecule has 0 saturated carbocycles. The lowest BCUT2D eigenvalue weighted by Gasteiger charge is -2.32. The van der Waals surface area contributed by atoms with Gasteiger partial charge in [0.25, 0.3) is 0 Å². The van der Waals surface area contributed by atoms with Gasteiger partial charge < -0.3 is 14.2 Å². The van der Waals surface area contributed by atoms with E-state index in [2.05, 4.69) is 17.0 Å². The molecule has 1 fully saturated rings. The molecule has 1 spiro atoms. The molecular weight excluding hydrogens is 498 g/mol. The van der Waals surface area contributed by atoms with E-state index in [0.717, 1.165) is 40.8 Å². The fraction of sp³-hybridized carbons (Fsp3) is 0.267. The maximum Gasteiger partial charge on any atom is 0.311 e. The van der Waals surface area contributed by atoms with Gasteiger partial charge in [0.1, 0.15) is 0 Å². The van der Waals surface area contributed by atoms with Crippen molar-refractivity contribution in [3.8, 4) is 22.8 Å². The SMILES string of the molecule is C=C(/C=C\c1c(C)cccc1-c1ccccn1)C(=O)N[N+](O)(O)c1c(OC)ccc2c1OCC21CCOCC1. The van der Waals surface area contributed by atoms with E-state index < -0.39 is 10.8 Å². The summed E-state index contributed by atoms with van der Waals surface area (Å²) in [6.45, 7) is 7.37. The van der Waals surface area contributed by atoms with Crippen LogP contribution >= 0.6 is 0 Å². The van der Waals surface area contributed by atoms with Gasteiger partial charge in [-0.25, -0.2) is 0 Å². The summed E-state index contributed by atoms with van der Waals surface area (Å²) in [5.74, 6) is -0.352. The topological polar surface area (TPSA) is 110 Å². The van der Waals surface area contributed by atoms with Gasteiger partial charge in [-0.1, -0.05) is 43.0 Å². The van der Waals surface area contributed by atoms with Crippen molar-refractivity contribution in [2.45, 2.75) is 25.2 Å². The van der Waals surface area contributed by atoms with Crippen LogP contribution in [0.25, 0.3) is 17.3 Å². The Morgan fingerprint density at radius 3 is 2.67 bits per heavy atom. The van der Waals surface area contributed by atoms with Gasteiger partial charge in [-0.15, -0.1) is 15.8 Å². The summed E-state index contributed by atoms with van der Waals surface area (Å²) >= 11 is 0. The number of benzene rings is 2. The molecule has 3 heterocycles. The number of fused-ring (bicyclic) bond motifs is 2. The van der Waals surface area contributed by atoms with Gasteiger partial charge in [-0.2, -0.15) is 0 Å². The number of aryl methyl sites for hydroxylation is 1. The van der Waals surface area contributed by atoms with Crippen molar-refractivity contribution in [3.05, 3.63) is 89.6 Å². The van der Waals surface area contributed by atoms with E-state index in [1.165, 1.54) is 13.2 Å². The number of methoxy groups -OCH3 is 1. The summed E-state index contributed by atoms with van der Waals surface area (Å²) in [5.41, 5.74) is 6.24. The lowest BCUT2D eigenvalue weighted by Crippen LogP contribution is -2.57. The number of nitrogens with zero attached hydrogens (tertiary/aromatic N) is 2. The summed E-state index contributed by atoms with van der Waals surface area (Å²) in [4.78, 5) is 15.6. The van der Waals surface area contributed by atoms with Gasteiger partial charge in [0, 0.05) is 41.5 Å². The number of carbonyl (C=O) groups is 1. The highest BCUT2D eigenvalue weighted by Crippen LogP contribution is 2.52. The predicted molar refractivity (Wildman–Crippen MR) is 146 cm³/mol. The molecule has 39 heavy (non-hydrogen) atoms. The third kappa shape index (κ3) is 5.05. The molecule has 2 aliphatic heterocycles. The maximum absolute atomic E-state index is 13.1. The third-order valence-corrected chi connectivity index (χ3v) is 7.41. The fourth-order valence-corrected chi connectivity index (χ4v) is 5.22. The van der Waals surface area contributed by atoms with Crippen LogP contribution < -0.4 is 19.8 Å². The molecule has 3 aromatic rings. The van der Waals surface area contributed by atoms with E-state index in [9.17, 15) is 15.2 Å². The summed E-state index contributed by atoms with van der Waals surface area (Å²) in [6, 6.07) is 15.1. The molecule has 0 atom stereocenters. The van der Waals surface area contributed by atoms with E-state index in [1.54, 1.807) is 18.3 Å². The first-order valence-corrected chi connectivity index (χ1v) is 12.7. The van der Waals surface area contributed by atoms with E-state index >= 15 is 0 Å². The standard InChI is InChI=1S/C30H31N3O6/c1-20-7-6-8-23(25-9-4-5-16-31-25)22(20)11-10-21(2)29(34)32-33(35,36)27-26(37-3)13-12-24-28(27)39-19-30(24)14-17-38-18-15-30/h4-13,16,35-36H,2,14-15,17-19H2,1,3H3/p+1/b11-10-. The van der Waals surface area contributed by atoms with Gasteiger partial charge in [0.05, 0.1) is 24.3 Å². The van der Waals surface area contributed by atoms with Crippen LogP contribution in [-0.2, 0) is 14.9 Å². The molecule has 0 unspecified atom stereocenters. The lowest BCUT2D eigenvalue weighted by molar-refractivity contribution is -0.319. The van der Waals surface area contributed by atoms with E-state index in [0.29, 0.717) is 19.8 Å². The minimum absolute atomic E-state index is 0.0178. The smallest absolute Gasteiger partial charge is 0.311 e. The number of carbonyl (C=O) groups excluding carboxylic acids is 1. The molecule has 1 saturated heterocycles. The van der Waals surface area contributed by atoms with Gasteiger partial charge >= 0.3 is 11.6 Å². The zero-order valence-corrected chi connectivity index (χ0v) is 22.0. The van der Waals surface area contributed by atoms with Crippen LogP contribution in [0.4, 0.5) is 5.69 Å². The Morgan fingerprint density at radius 1 is 1.15 bits per heavy atom. The summed E-state index contributed by atoms with van der Waals surface area (Å²) in [6.07, 6.45) is 6.51. The van der Waals surface area contributed by atoms with Gasteiger partial charge in [0.15, 0.2) is 11.5 Å². The van der Waals surface area contributed by atoms with Crippen LogP contribution in [0, 0.1) is 6.92 Å². The predicted octanol–water partition coefficient (Wildman–Crippen LogP) is 4.89. The fourth-order valence-electron chi connectivity index (χ4n) is 5.22. The summed E-state index contributed by atoms with van der Waals surface area (Å²) in [7, 11) is 1.41. The number of rotatable bonds is 7. The van der Waals surface area contributed by atoms with E-state index in [1.807, 2.05) is 49.4 Å². The average molecular weight is 531 g/mol. The molecule has 202 valence electrons. The van der Waals surface area contributed by atoms with E-state index in [-0.39, 0.29) is 28.2 Å². The van der Waals surface area contributed by atoms with Crippen molar-refractivity contribution in [1.82, 2.24) is 15.3 Å². The lowest BCUT2D eigenvalue weighted by atomic mass is 9.76. The number of hydrogen-bond acceptors (Lipinski definition) is 7. The monoisotopic (exact) mass is 530 g/mol. The number of nitrogens with one attached hydrogen (secondary N) is 1. The van der Waals surface area contributed by atoms with Gasteiger partial charge in [0.2, 0.25) is 0 Å². The minimum atomic E-state index is -1.96. The van der Waals surface area contributed by atoms with Crippen LogP contribution in [0.5, 0.6) is 11.5 Å². The first-order chi connectivity index (χ1) is 18.8. The third-order valence-electron chi connectivity index (χ3n) is 7.41. The van der Waals surface area contributed by atoms with Crippen molar-refractivity contribution in [3.63, 3.8) is 0 Å².